The number of piperidine rings is 1. The second-order valence-electron chi connectivity index (χ2n) is 8.55. The lowest BCUT2D eigenvalue weighted by atomic mass is 9.76. The molecule has 1 aromatic rings. The molecule has 0 radical (unpaired) electrons. The summed E-state index contributed by atoms with van der Waals surface area (Å²) in [6, 6.07) is 3.34. The molecule has 2 amide bonds. The molecule has 1 aromatic carbocycles. The summed E-state index contributed by atoms with van der Waals surface area (Å²) >= 11 is 0. The van der Waals surface area contributed by atoms with Crippen LogP contribution in [0.3, 0.4) is 0 Å². The quantitative estimate of drug-likeness (QED) is 0.863. The number of aliphatic carboxylic acids is 1. The van der Waals surface area contributed by atoms with E-state index in [1.165, 1.54) is 17.0 Å². The zero-order valence-electron chi connectivity index (χ0n) is 16.0. The molecule has 3 fully saturated rings. The van der Waals surface area contributed by atoms with Gasteiger partial charge in [0.15, 0.2) is 0 Å². The van der Waals surface area contributed by atoms with Crippen LogP contribution in [-0.2, 0) is 9.59 Å². The Hall–Kier alpha value is -2.44. The first-order chi connectivity index (χ1) is 13.3. The summed E-state index contributed by atoms with van der Waals surface area (Å²) in [5.74, 6) is -1.56. The molecular weight excluding hydrogens is 363 g/mol. The van der Waals surface area contributed by atoms with Crippen molar-refractivity contribution in [3.05, 3.63) is 35.1 Å². The highest BCUT2D eigenvalue weighted by Gasteiger charge is 2.50. The van der Waals surface area contributed by atoms with E-state index in [0.717, 1.165) is 12.8 Å². The number of aryl methyl sites for hydroxylation is 1. The molecule has 1 saturated carbocycles. The van der Waals surface area contributed by atoms with Crippen molar-refractivity contribution in [3.8, 4) is 0 Å². The minimum absolute atomic E-state index is 0.174. The topological polar surface area (TPSA) is 77.9 Å². The first kappa shape index (κ1) is 18.9. The third-order valence-electron chi connectivity index (χ3n) is 6.54. The van der Waals surface area contributed by atoms with E-state index in [0.29, 0.717) is 44.5 Å². The molecule has 2 saturated heterocycles. The molecule has 1 spiro atoms. The maximum Gasteiger partial charge on any atom is 0.326 e. The summed E-state index contributed by atoms with van der Waals surface area (Å²) < 4.78 is 13.9. The number of carbonyl (C=O) groups excluding carboxylic acids is 2. The molecule has 2 heterocycles. The molecule has 1 N–H and O–H groups in total. The van der Waals surface area contributed by atoms with Crippen molar-refractivity contribution in [1.82, 2.24) is 9.80 Å². The minimum atomic E-state index is -1.03. The van der Waals surface area contributed by atoms with Crippen LogP contribution in [0.25, 0.3) is 0 Å². The first-order valence-electron chi connectivity index (χ1n) is 9.88. The van der Waals surface area contributed by atoms with Crippen LogP contribution in [0.4, 0.5) is 4.39 Å². The van der Waals surface area contributed by atoms with Crippen molar-refractivity contribution in [3.63, 3.8) is 0 Å². The van der Waals surface area contributed by atoms with E-state index in [1.54, 1.807) is 13.0 Å². The van der Waals surface area contributed by atoms with Crippen LogP contribution in [0, 0.1) is 24.1 Å². The van der Waals surface area contributed by atoms with E-state index in [1.807, 2.05) is 4.90 Å². The fourth-order valence-corrected chi connectivity index (χ4v) is 4.53. The van der Waals surface area contributed by atoms with Crippen LogP contribution in [-0.4, -0.2) is 58.4 Å². The van der Waals surface area contributed by atoms with E-state index in [9.17, 15) is 23.9 Å². The highest BCUT2D eigenvalue weighted by molar-refractivity contribution is 5.97. The Balaban J connectivity index is 1.50. The predicted molar refractivity (Wildman–Crippen MR) is 99.2 cm³/mol. The predicted octanol–water partition coefficient (Wildman–Crippen LogP) is 2.45. The summed E-state index contributed by atoms with van der Waals surface area (Å²) in [5.41, 5.74) is 0.326. The van der Waals surface area contributed by atoms with E-state index in [2.05, 4.69) is 0 Å². The lowest BCUT2D eigenvalue weighted by molar-refractivity contribution is -0.141. The molecule has 0 aromatic heterocycles. The molecule has 7 heteroatoms. The van der Waals surface area contributed by atoms with Crippen molar-refractivity contribution >= 4 is 17.8 Å². The molecule has 150 valence electrons. The van der Waals surface area contributed by atoms with Gasteiger partial charge in [-0.3, -0.25) is 9.59 Å². The van der Waals surface area contributed by atoms with Crippen molar-refractivity contribution in [1.29, 1.82) is 0 Å². The largest absolute Gasteiger partial charge is 0.480 e. The second-order valence-corrected chi connectivity index (χ2v) is 8.55. The Kier molecular flexibility index (Phi) is 4.63. The Bertz CT molecular complexity index is 828. The van der Waals surface area contributed by atoms with Gasteiger partial charge < -0.3 is 14.9 Å². The number of likely N-dealkylation sites (tertiary alicyclic amines) is 2. The number of rotatable bonds is 3. The Morgan fingerprint density at radius 2 is 1.86 bits per heavy atom. The van der Waals surface area contributed by atoms with Crippen LogP contribution in [0.1, 0.15) is 48.0 Å². The van der Waals surface area contributed by atoms with Gasteiger partial charge in [-0.05, 0) is 62.1 Å². The standard InChI is InChI=1S/C21H25FN2O4/c1-13-2-3-15(10-16(13)22)19(26)24-12-21(11-17(24)20(27)28)6-8-23(9-7-21)18(25)14-4-5-14/h2-3,10,14,17H,4-9,11-12H2,1H3,(H,27,28). The Labute approximate surface area is 163 Å². The molecule has 2 aliphatic heterocycles. The minimum Gasteiger partial charge on any atom is -0.480 e. The van der Waals surface area contributed by atoms with E-state index < -0.39 is 23.7 Å². The zero-order chi connectivity index (χ0) is 20.1. The number of hydrogen-bond donors (Lipinski definition) is 1. The number of amides is 2. The van der Waals surface area contributed by atoms with Gasteiger partial charge in [-0.25, -0.2) is 9.18 Å². The third-order valence-corrected chi connectivity index (χ3v) is 6.54. The summed E-state index contributed by atoms with van der Waals surface area (Å²) in [7, 11) is 0. The molecule has 0 bridgehead atoms. The van der Waals surface area contributed by atoms with Crippen molar-refractivity contribution < 1.29 is 23.9 Å². The molecule has 6 nitrogen and oxygen atoms in total. The van der Waals surface area contributed by atoms with Crippen LogP contribution in [0.2, 0.25) is 0 Å². The number of carboxylic acids is 1. The normalized spacial score (nSPS) is 23.9. The van der Waals surface area contributed by atoms with Gasteiger partial charge in [0, 0.05) is 31.1 Å². The molecule has 1 atom stereocenters. The SMILES string of the molecule is Cc1ccc(C(=O)N2CC3(CCN(C(=O)C4CC4)CC3)CC2C(=O)O)cc1F. The number of nitrogens with zero attached hydrogens (tertiary/aromatic N) is 2. The fraction of sp³-hybridized carbons (Fsp3) is 0.571. The van der Waals surface area contributed by atoms with E-state index >= 15 is 0 Å². The molecule has 1 unspecified atom stereocenters. The maximum absolute atomic E-state index is 13.9. The van der Waals surface area contributed by atoms with Crippen molar-refractivity contribution in [2.75, 3.05) is 19.6 Å². The van der Waals surface area contributed by atoms with Gasteiger partial charge in [0.25, 0.3) is 5.91 Å². The van der Waals surface area contributed by atoms with Gasteiger partial charge in [0.1, 0.15) is 11.9 Å². The third kappa shape index (κ3) is 3.38. The van der Waals surface area contributed by atoms with Gasteiger partial charge >= 0.3 is 5.97 Å². The van der Waals surface area contributed by atoms with E-state index in [-0.39, 0.29) is 22.8 Å². The van der Waals surface area contributed by atoms with Gasteiger partial charge in [-0.1, -0.05) is 6.07 Å². The number of halogens is 1. The maximum atomic E-state index is 13.9. The molecular formula is C21H25FN2O4. The fourth-order valence-electron chi connectivity index (χ4n) is 4.53. The van der Waals surface area contributed by atoms with Crippen LogP contribution >= 0.6 is 0 Å². The Morgan fingerprint density at radius 1 is 1.18 bits per heavy atom. The number of carboxylic acid groups (broad SMARTS) is 1. The van der Waals surface area contributed by atoms with Crippen LogP contribution in [0.5, 0.6) is 0 Å². The summed E-state index contributed by atoms with van der Waals surface area (Å²) in [5, 5.41) is 9.68. The summed E-state index contributed by atoms with van der Waals surface area (Å²) in [4.78, 5) is 40.3. The zero-order valence-corrected chi connectivity index (χ0v) is 16.0. The average molecular weight is 388 g/mol. The second kappa shape index (κ2) is 6.87. The Morgan fingerprint density at radius 3 is 2.43 bits per heavy atom. The van der Waals surface area contributed by atoms with Crippen LogP contribution < -0.4 is 0 Å². The van der Waals surface area contributed by atoms with Gasteiger partial charge in [-0.2, -0.15) is 0 Å². The van der Waals surface area contributed by atoms with E-state index in [4.69, 9.17) is 0 Å². The average Bonchev–Trinajstić information content (AvgIpc) is 3.46. The van der Waals surface area contributed by atoms with Crippen molar-refractivity contribution in [2.45, 2.75) is 45.1 Å². The molecule has 3 aliphatic rings. The lowest BCUT2D eigenvalue weighted by Crippen LogP contribution is -2.45. The lowest BCUT2D eigenvalue weighted by Gasteiger charge is -2.39. The van der Waals surface area contributed by atoms with Crippen molar-refractivity contribution in [2.24, 2.45) is 11.3 Å². The smallest absolute Gasteiger partial charge is 0.326 e. The number of hydrogen-bond acceptors (Lipinski definition) is 3. The summed E-state index contributed by atoms with van der Waals surface area (Å²) in [6.45, 7) is 3.18. The molecule has 4 rings (SSSR count). The number of carbonyl (C=O) groups is 3. The molecule has 1 aliphatic carbocycles. The van der Waals surface area contributed by atoms with Crippen LogP contribution in [0.15, 0.2) is 18.2 Å². The monoisotopic (exact) mass is 388 g/mol. The molecule has 28 heavy (non-hydrogen) atoms. The van der Waals surface area contributed by atoms with Gasteiger partial charge in [0.2, 0.25) is 5.91 Å². The van der Waals surface area contributed by atoms with Gasteiger partial charge in [0.05, 0.1) is 0 Å². The highest BCUT2D eigenvalue weighted by atomic mass is 19.1. The number of benzene rings is 1. The first-order valence-corrected chi connectivity index (χ1v) is 9.88. The summed E-state index contributed by atoms with van der Waals surface area (Å²) in [6.07, 6.45) is 3.71. The highest BCUT2D eigenvalue weighted by Crippen LogP contribution is 2.45. The van der Waals surface area contributed by atoms with Gasteiger partial charge in [-0.15, -0.1) is 0 Å².